The summed E-state index contributed by atoms with van der Waals surface area (Å²) in [6, 6.07) is 4.73. The fourth-order valence-electron chi connectivity index (χ4n) is 2.40. The van der Waals surface area contributed by atoms with Crippen molar-refractivity contribution in [2.24, 2.45) is 0 Å². The molecule has 6 heteroatoms. The Morgan fingerprint density at radius 1 is 1.12 bits per heavy atom. The first-order valence-electron chi connectivity index (χ1n) is 8.66. The van der Waals surface area contributed by atoms with E-state index in [-0.39, 0.29) is 5.56 Å². The van der Waals surface area contributed by atoms with E-state index in [9.17, 15) is 9.90 Å². The van der Waals surface area contributed by atoms with E-state index in [2.05, 4.69) is 43.5 Å². The summed E-state index contributed by atoms with van der Waals surface area (Å²) in [6.07, 6.45) is 8.48. The van der Waals surface area contributed by atoms with Crippen LogP contribution >= 0.6 is 0 Å². The number of carboxylic acids is 1. The van der Waals surface area contributed by atoms with Crippen LogP contribution in [0, 0.1) is 0 Å². The lowest BCUT2D eigenvalue weighted by atomic mass is 10.1. The highest BCUT2D eigenvalue weighted by Gasteiger charge is 2.05. The van der Waals surface area contributed by atoms with E-state index >= 15 is 0 Å². The van der Waals surface area contributed by atoms with Gasteiger partial charge in [0.25, 0.3) is 0 Å². The number of carboxylic acid groups (broad SMARTS) is 1. The summed E-state index contributed by atoms with van der Waals surface area (Å²) in [5, 5.41) is 20.2. The molecule has 0 unspecified atom stereocenters. The molecule has 0 aliphatic rings. The Morgan fingerprint density at radius 3 is 2.42 bits per heavy atom. The molecule has 0 radical (unpaired) electrons. The van der Waals surface area contributed by atoms with Crippen molar-refractivity contribution in [2.75, 3.05) is 27.7 Å². The molecule has 0 aliphatic heterocycles. The van der Waals surface area contributed by atoms with Crippen LogP contribution in [0.5, 0.6) is 0 Å². The van der Waals surface area contributed by atoms with Gasteiger partial charge in [-0.05, 0) is 18.9 Å². The molecule has 0 amide bonds. The number of nitrogens with zero attached hydrogens (tertiary/aromatic N) is 3. The van der Waals surface area contributed by atoms with E-state index in [1.807, 2.05) is 0 Å². The van der Waals surface area contributed by atoms with Gasteiger partial charge in [0.05, 0.1) is 39.2 Å². The summed E-state index contributed by atoms with van der Waals surface area (Å²) in [6.45, 7) is 3.60. The number of aromatic nitrogens is 3. The van der Waals surface area contributed by atoms with Crippen LogP contribution in [-0.4, -0.2) is 53.6 Å². The summed E-state index contributed by atoms with van der Waals surface area (Å²) in [7, 11) is 6.81. The molecule has 1 aromatic heterocycles. The van der Waals surface area contributed by atoms with Gasteiger partial charge in [0, 0.05) is 5.56 Å². The number of nitrogens with one attached hydrogen (secondary N) is 1. The van der Waals surface area contributed by atoms with E-state index < -0.39 is 5.97 Å². The summed E-state index contributed by atoms with van der Waals surface area (Å²) >= 11 is 0. The monoisotopic (exact) mass is 334 g/mol. The minimum absolute atomic E-state index is 0.0567. The highest BCUT2D eigenvalue weighted by molar-refractivity contribution is 5.99. The van der Waals surface area contributed by atoms with Crippen LogP contribution in [0.4, 0.5) is 0 Å². The van der Waals surface area contributed by atoms with Crippen LogP contribution in [0.1, 0.15) is 55.8 Å². The van der Waals surface area contributed by atoms with Gasteiger partial charge >= 0.3 is 0 Å². The van der Waals surface area contributed by atoms with Crippen molar-refractivity contribution in [2.45, 2.75) is 45.4 Å². The van der Waals surface area contributed by atoms with E-state index in [4.69, 9.17) is 0 Å². The quantitative estimate of drug-likeness (QED) is 0.593. The van der Waals surface area contributed by atoms with Crippen molar-refractivity contribution in [1.29, 1.82) is 0 Å². The zero-order chi connectivity index (χ0) is 18.0. The second kappa shape index (κ2) is 10.0. The van der Waals surface area contributed by atoms with Crippen LogP contribution in [0.25, 0.3) is 11.0 Å². The zero-order valence-electron chi connectivity index (χ0n) is 15.3. The number of carbonyl (C=O) groups excluding carboxylic acids is 1. The summed E-state index contributed by atoms with van der Waals surface area (Å²) < 4.78 is 1.12. The molecule has 2 rings (SSSR count). The van der Waals surface area contributed by atoms with Gasteiger partial charge in [-0.3, -0.25) is 5.10 Å². The molecule has 0 spiro atoms. The average molecular weight is 334 g/mol. The van der Waals surface area contributed by atoms with E-state index in [1.54, 1.807) is 12.1 Å². The number of benzene rings is 1. The lowest BCUT2D eigenvalue weighted by Crippen LogP contribution is -2.35. The summed E-state index contributed by atoms with van der Waals surface area (Å²) in [5.41, 5.74) is 0.982. The van der Waals surface area contributed by atoms with Crippen LogP contribution in [0.3, 0.4) is 0 Å². The predicted octanol–water partition coefficient (Wildman–Crippen LogP) is 2.37. The van der Waals surface area contributed by atoms with Crippen LogP contribution in [0.15, 0.2) is 18.2 Å². The first-order chi connectivity index (χ1) is 11.3. The standard InChI is InChI=1S/C11H26N.C7H5N3O2/c1-5-6-7-8-9-10-11-12(2,3)4;11-7(12)4-2-1-3-5-6(4)9-10-8-5/h5-11H2,1-4H3;1-3H,(H,11,12)(H,8,9,10)/q+1;/p-1. The third-order valence-corrected chi connectivity index (χ3v) is 3.76. The topological polar surface area (TPSA) is 81.7 Å². The lowest BCUT2D eigenvalue weighted by Gasteiger charge is -2.23. The van der Waals surface area contributed by atoms with Crippen LogP contribution in [-0.2, 0) is 0 Å². The number of quaternary nitrogens is 1. The van der Waals surface area contributed by atoms with E-state index in [1.165, 1.54) is 51.1 Å². The van der Waals surface area contributed by atoms with Crippen LogP contribution in [0.2, 0.25) is 0 Å². The minimum Gasteiger partial charge on any atom is -0.545 e. The van der Waals surface area contributed by atoms with E-state index in [0.29, 0.717) is 11.0 Å². The normalized spacial score (nSPS) is 11.2. The number of aromatic amines is 1. The van der Waals surface area contributed by atoms with Crippen molar-refractivity contribution in [3.63, 3.8) is 0 Å². The van der Waals surface area contributed by atoms with Crippen LogP contribution < -0.4 is 5.11 Å². The number of aromatic carboxylic acids is 1. The van der Waals surface area contributed by atoms with Gasteiger partial charge in [0.1, 0.15) is 5.52 Å². The van der Waals surface area contributed by atoms with Crippen molar-refractivity contribution in [1.82, 2.24) is 15.4 Å². The molecule has 0 atom stereocenters. The number of fused-ring (bicyclic) bond motifs is 1. The molecular weight excluding hydrogens is 304 g/mol. The van der Waals surface area contributed by atoms with Crippen molar-refractivity contribution in [3.05, 3.63) is 23.8 Å². The molecule has 0 fully saturated rings. The molecule has 2 aromatic rings. The number of rotatable bonds is 8. The average Bonchev–Trinajstić information content (AvgIpc) is 2.98. The van der Waals surface area contributed by atoms with Crippen molar-refractivity contribution in [3.8, 4) is 0 Å². The van der Waals surface area contributed by atoms with Gasteiger partial charge in [0.15, 0.2) is 0 Å². The maximum Gasteiger partial charge on any atom is 0.121 e. The number of hydrogen-bond donors (Lipinski definition) is 1. The Balaban J connectivity index is 0.000000240. The molecule has 0 saturated carbocycles. The molecule has 1 aromatic carbocycles. The maximum atomic E-state index is 10.5. The molecule has 0 aliphatic carbocycles. The highest BCUT2D eigenvalue weighted by Crippen LogP contribution is 2.11. The van der Waals surface area contributed by atoms with Crippen molar-refractivity contribution < 1.29 is 14.4 Å². The number of unbranched alkanes of at least 4 members (excludes halogenated alkanes) is 5. The second-order valence-electron chi connectivity index (χ2n) is 7.08. The van der Waals surface area contributed by atoms with E-state index in [0.717, 1.165) is 4.48 Å². The molecule has 0 bridgehead atoms. The first-order valence-corrected chi connectivity index (χ1v) is 8.66. The third kappa shape index (κ3) is 7.55. The molecule has 24 heavy (non-hydrogen) atoms. The summed E-state index contributed by atoms with van der Waals surface area (Å²) in [4.78, 5) is 10.5. The maximum absolute atomic E-state index is 10.5. The minimum atomic E-state index is -1.24. The van der Waals surface area contributed by atoms with Gasteiger partial charge in [-0.2, -0.15) is 0 Å². The van der Waals surface area contributed by atoms with Gasteiger partial charge in [-0.1, -0.05) is 50.0 Å². The van der Waals surface area contributed by atoms with Gasteiger partial charge in [-0.25, -0.2) is 0 Å². The number of carbonyl (C=O) groups is 1. The lowest BCUT2D eigenvalue weighted by molar-refractivity contribution is -0.870. The molecule has 6 nitrogen and oxygen atoms in total. The zero-order valence-corrected chi connectivity index (χ0v) is 15.3. The molecule has 1 N–H and O–H groups in total. The largest absolute Gasteiger partial charge is 0.545 e. The number of hydrogen-bond acceptors (Lipinski definition) is 4. The smallest absolute Gasteiger partial charge is 0.121 e. The third-order valence-electron chi connectivity index (χ3n) is 3.76. The van der Waals surface area contributed by atoms with Crippen molar-refractivity contribution >= 4 is 17.0 Å². The Morgan fingerprint density at radius 2 is 1.79 bits per heavy atom. The Hall–Kier alpha value is -1.95. The SMILES string of the molecule is CCCCCCCC[N+](C)(C)C.O=C([O-])c1cccc2[nH]nnc12. The number of H-pyrrole nitrogens is 1. The van der Waals surface area contributed by atoms with Gasteiger partial charge in [0.2, 0.25) is 0 Å². The molecular formula is C18H30N4O2. The Kier molecular flexibility index (Phi) is 8.40. The Bertz CT molecular complexity index is 617. The molecule has 1 heterocycles. The fraction of sp³-hybridized carbons (Fsp3) is 0.611. The van der Waals surface area contributed by atoms with Gasteiger partial charge in [-0.15, -0.1) is 5.10 Å². The Labute approximate surface area is 144 Å². The second-order valence-corrected chi connectivity index (χ2v) is 7.08. The first kappa shape index (κ1) is 20.1. The fourth-order valence-corrected chi connectivity index (χ4v) is 2.40. The molecule has 0 saturated heterocycles. The molecule has 134 valence electrons. The van der Waals surface area contributed by atoms with Gasteiger partial charge < -0.3 is 14.4 Å². The highest BCUT2D eigenvalue weighted by atomic mass is 16.4. The summed E-state index contributed by atoms with van der Waals surface area (Å²) in [5.74, 6) is -1.24. The predicted molar refractivity (Wildman–Crippen MR) is 94.5 cm³/mol.